The van der Waals surface area contributed by atoms with Crippen LogP contribution in [-0.2, 0) is 0 Å². The number of anilines is 1. The maximum atomic E-state index is 6.06. The van der Waals surface area contributed by atoms with Crippen molar-refractivity contribution in [3.8, 4) is 0 Å². The highest BCUT2D eigenvalue weighted by Gasteiger charge is 2.28. The van der Waals surface area contributed by atoms with Gasteiger partial charge in [-0.3, -0.25) is 0 Å². The lowest BCUT2D eigenvalue weighted by atomic mass is 9.78. The van der Waals surface area contributed by atoms with Crippen molar-refractivity contribution in [3.05, 3.63) is 29.8 Å². The van der Waals surface area contributed by atoms with Crippen LogP contribution >= 0.6 is 0 Å². The third-order valence-electron chi connectivity index (χ3n) is 4.95. The van der Waals surface area contributed by atoms with E-state index in [0.29, 0.717) is 5.41 Å². The first-order valence-electron chi connectivity index (χ1n) is 7.68. The van der Waals surface area contributed by atoms with Crippen LogP contribution in [0, 0.1) is 5.41 Å². The molecule has 2 nitrogen and oxygen atoms in total. The lowest BCUT2D eigenvalue weighted by molar-refractivity contribution is 0.238. The van der Waals surface area contributed by atoms with Gasteiger partial charge in [-0.25, -0.2) is 0 Å². The number of piperidine rings is 1. The number of hydrogen-bond acceptors (Lipinski definition) is 2. The average molecular weight is 260 g/mol. The van der Waals surface area contributed by atoms with E-state index in [2.05, 4.69) is 49.9 Å². The molecule has 1 fully saturated rings. The second kappa shape index (κ2) is 5.96. The Kier molecular flexibility index (Phi) is 4.51. The number of nitrogens with zero attached hydrogens (tertiary/aromatic N) is 1. The van der Waals surface area contributed by atoms with Gasteiger partial charge in [0.15, 0.2) is 0 Å². The van der Waals surface area contributed by atoms with E-state index in [9.17, 15) is 0 Å². The van der Waals surface area contributed by atoms with Gasteiger partial charge in [0.05, 0.1) is 0 Å². The minimum atomic E-state index is 0.179. The summed E-state index contributed by atoms with van der Waals surface area (Å²) in [6, 6.07) is 9.03. The molecule has 0 aliphatic carbocycles. The third kappa shape index (κ3) is 3.30. The highest BCUT2D eigenvalue weighted by molar-refractivity contribution is 5.48. The molecule has 0 radical (unpaired) electrons. The lowest BCUT2D eigenvalue weighted by Crippen LogP contribution is -2.38. The number of benzene rings is 1. The van der Waals surface area contributed by atoms with Gasteiger partial charge in [-0.2, -0.15) is 0 Å². The van der Waals surface area contributed by atoms with Gasteiger partial charge in [-0.05, 0) is 42.4 Å². The van der Waals surface area contributed by atoms with E-state index in [1.165, 1.54) is 43.6 Å². The van der Waals surface area contributed by atoms with Gasteiger partial charge in [0.25, 0.3) is 0 Å². The summed E-state index contributed by atoms with van der Waals surface area (Å²) in [5.41, 5.74) is 9.22. The molecule has 1 atom stereocenters. The highest BCUT2D eigenvalue weighted by atomic mass is 15.1. The van der Waals surface area contributed by atoms with Gasteiger partial charge in [0, 0.05) is 24.8 Å². The molecule has 1 heterocycles. The Morgan fingerprint density at radius 2 is 1.74 bits per heavy atom. The zero-order valence-electron chi connectivity index (χ0n) is 12.7. The molecule has 1 aliphatic rings. The van der Waals surface area contributed by atoms with Crippen LogP contribution in [0.25, 0.3) is 0 Å². The van der Waals surface area contributed by atoms with Crippen molar-refractivity contribution in [1.29, 1.82) is 0 Å². The van der Waals surface area contributed by atoms with E-state index in [4.69, 9.17) is 5.73 Å². The molecular formula is C17H28N2. The van der Waals surface area contributed by atoms with Crippen LogP contribution in [0.1, 0.15) is 58.1 Å². The molecule has 1 aromatic carbocycles. The van der Waals surface area contributed by atoms with E-state index >= 15 is 0 Å². The monoisotopic (exact) mass is 260 g/mol. The standard InChI is InChI=1S/C17H28N2/c1-4-16(18)14-6-8-15(9-7-14)19-12-10-17(3,5-2)11-13-19/h6-9,16H,4-5,10-13,18H2,1-3H3/t16-/m0/s1. The predicted octanol–water partition coefficient (Wildman–Crippen LogP) is 4.11. The molecule has 106 valence electrons. The molecule has 2 heteroatoms. The summed E-state index contributed by atoms with van der Waals surface area (Å²) in [5.74, 6) is 0. The van der Waals surface area contributed by atoms with Crippen LogP contribution in [0.5, 0.6) is 0 Å². The Morgan fingerprint density at radius 1 is 1.16 bits per heavy atom. The zero-order valence-corrected chi connectivity index (χ0v) is 12.7. The second-order valence-electron chi connectivity index (χ2n) is 6.26. The summed E-state index contributed by atoms with van der Waals surface area (Å²) in [6.45, 7) is 9.24. The fourth-order valence-corrected chi connectivity index (χ4v) is 2.83. The first-order chi connectivity index (χ1) is 9.08. The molecule has 0 amide bonds. The number of rotatable bonds is 4. The molecule has 1 aromatic rings. The van der Waals surface area contributed by atoms with Crippen molar-refractivity contribution < 1.29 is 0 Å². The van der Waals surface area contributed by atoms with E-state index in [1.807, 2.05) is 0 Å². The van der Waals surface area contributed by atoms with Crippen LogP contribution in [-0.4, -0.2) is 13.1 Å². The first-order valence-corrected chi connectivity index (χ1v) is 7.68. The quantitative estimate of drug-likeness (QED) is 0.882. The summed E-state index contributed by atoms with van der Waals surface area (Å²) < 4.78 is 0. The maximum Gasteiger partial charge on any atom is 0.0366 e. The van der Waals surface area contributed by atoms with Crippen molar-refractivity contribution >= 4 is 5.69 Å². The minimum Gasteiger partial charge on any atom is -0.371 e. The fourth-order valence-electron chi connectivity index (χ4n) is 2.83. The Bertz CT molecular complexity index is 388. The van der Waals surface area contributed by atoms with Crippen LogP contribution in [0.2, 0.25) is 0 Å². The van der Waals surface area contributed by atoms with Crippen molar-refractivity contribution in [2.24, 2.45) is 11.1 Å². The zero-order chi connectivity index (χ0) is 13.9. The van der Waals surface area contributed by atoms with Gasteiger partial charge < -0.3 is 10.6 Å². The van der Waals surface area contributed by atoms with Gasteiger partial charge in [-0.1, -0.05) is 39.3 Å². The fraction of sp³-hybridized carbons (Fsp3) is 0.647. The Morgan fingerprint density at radius 3 is 2.21 bits per heavy atom. The van der Waals surface area contributed by atoms with E-state index in [1.54, 1.807) is 0 Å². The lowest BCUT2D eigenvalue weighted by Gasteiger charge is -2.40. The molecule has 0 saturated carbocycles. The SMILES string of the molecule is CC[C@H](N)c1ccc(N2CCC(C)(CC)CC2)cc1. The van der Waals surface area contributed by atoms with Crippen LogP contribution in [0.15, 0.2) is 24.3 Å². The Hall–Kier alpha value is -1.02. The maximum absolute atomic E-state index is 6.06. The molecule has 2 rings (SSSR count). The predicted molar refractivity (Wildman–Crippen MR) is 83.5 cm³/mol. The molecule has 0 spiro atoms. The van der Waals surface area contributed by atoms with Crippen LogP contribution in [0.4, 0.5) is 5.69 Å². The van der Waals surface area contributed by atoms with Gasteiger partial charge in [0.2, 0.25) is 0 Å². The molecule has 1 saturated heterocycles. The Labute approximate surface area is 118 Å². The van der Waals surface area contributed by atoms with E-state index < -0.39 is 0 Å². The largest absolute Gasteiger partial charge is 0.371 e. The molecule has 2 N–H and O–H groups in total. The van der Waals surface area contributed by atoms with Crippen molar-refractivity contribution in [1.82, 2.24) is 0 Å². The van der Waals surface area contributed by atoms with Gasteiger partial charge in [-0.15, -0.1) is 0 Å². The van der Waals surface area contributed by atoms with Gasteiger partial charge in [0.1, 0.15) is 0 Å². The van der Waals surface area contributed by atoms with Crippen molar-refractivity contribution in [2.45, 2.75) is 52.5 Å². The van der Waals surface area contributed by atoms with Gasteiger partial charge >= 0.3 is 0 Å². The van der Waals surface area contributed by atoms with Crippen molar-refractivity contribution in [3.63, 3.8) is 0 Å². The van der Waals surface area contributed by atoms with E-state index in [-0.39, 0.29) is 6.04 Å². The molecule has 0 bridgehead atoms. The van der Waals surface area contributed by atoms with Crippen molar-refractivity contribution in [2.75, 3.05) is 18.0 Å². The summed E-state index contributed by atoms with van der Waals surface area (Å²) in [4.78, 5) is 2.51. The third-order valence-corrected chi connectivity index (χ3v) is 4.95. The molecule has 1 aliphatic heterocycles. The highest BCUT2D eigenvalue weighted by Crippen LogP contribution is 2.35. The molecular weight excluding hydrogens is 232 g/mol. The topological polar surface area (TPSA) is 29.3 Å². The molecule has 19 heavy (non-hydrogen) atoms. The average Bonchev–Trinajstić information content (AvgIpc) is 2.47. The van der Waals surface area contributed by atoms with Crippen LogP contribution in [0.3, 0.4) is 0 Å². The number of nitrogens with two attached hydrogens (primary N) is 1. The number of hydrogen-bond donors (Lipinski definition) is 1. The van der Waals surface area contributed by atoms with Crippen LogP contribution < -0.4 is 10.6 Å². The first kappa shape index (κ1) is 14.4. The minimum absolute atomic E-state index is 0.179. The smallest absolute Gasteiger partial charge is 0.0366 e. The molecule has 0 unspecified atom stereocenters. The summed E-state index contributed by atoms with van der Waals surface area (Å²) in [7, 11) is 0. The summed E-state index contributed by atoms with van der Waals surface area (Å²) >= 11 is 0. The summed E-state index contributed by atoms with van der Waals surface area (Å²) in [5, 5.41) is 0. The van der Waals surface area contributed by atoms with E-state index in [0.717, 1.165) is 6.42 Å². The Balaban J connectivity index is 2.00. The second-order valence-corrected chi connectivity index (χ2v) is 6.26. The molecule has 0 aromatic heterocycles. The normalized spacial score (nSPS) is 20.3. The summed E-state index contributed by atoms with van der Waals surface area (Å²) in [6.07, 6.45) is 4.91.